The predicted octanol–water partition coefficient (Wildman–Crippen LogP) is 2.78. The van der Waals surface area contributed by atoms with E-state index < -0.39 is 0 Å². The molecule has 0 amide bonds. The van der Waals surface area contributed by atoms with E-state index >= 15 is 0 Å². The molecular weight excluding hydrogens is 266 g/mol. The Morgan fingerprint density at radius 1 is 1.25 bits per heavy atom. The molecule has 0 atom stereocenters. The van der Waals surface area contributed by atoms with Crippen LogP contribution in [0, 0.1) is 0 Å². The van der Waals surface area contributed by atoms with Crippen LogP contribution < -0.4 is 0 Å². The molecule has 2 nitrogen and oxygen atoms in total. The monoisotopic (exact) mass is 285 g/mol. The van der Waals surface area contributed by atoms with Crippen molar-refractivity contribution in [3.63, 3.8) is 0 Å². The highest BCUT2D eigenvalue weighted by atomic mass is 79.9. The first-order valence-electron chi connectivity index (χ1n) is 5.83. The maximum atomic E-state index is 9.78. The third-order valence-corrected chi connectivity index (χ3v) is 3.16. The van der Waals surface area contributed by atoms with Gasteiger partial charge in [0.2, 0.25) is 0 Å². The average Bonchev–Trinajstić information content (AvgIpc) is 2.43. The van der Waals surface area contributed by atoms with E-state index in [4.69, 9.17) is 0 Å². The van der Waals surface area contributed by atoms with E-state index in [-0.39, 0.29) is 17.0 Å². The molecule has 0 radical (unpaired) electrons. The highest BCUT2D eigenvalue weighted by molar-refractivity contribution is 8.93. The summed E-state index contributed by atoms with van der Waals surface area (Å²) in [7, 11) is 0. The largest absolute Gasteiger partial charge is 0.508 e. The molecule has 0 unspecified atom stereocenters. The van der Waals surface area contributed by atoms with Crippen LogP contribution in [0.2, 0.25) is 0 Å². The van der Waals surface area contributed by atoms with E-state index in [1.54, 1.807) is 6.07 Å². The van der Waals surface area contributed by atoms with Crippen molar-refractivity contribution in [2.45, 2.75) is 26.2 Å². The average molecular weight is 286 g/mol. The molecule has 3 heteroatoms. The molecule has 0 aromatic heterocycles. The third kappa shape index (κ3) is 2.98. The number of fused-ring (bicyclic) bond motifs is 1. The highest BCUT2D eigenvalue weighted by Crippen LogP contribution is 2.24. The molecule has 1 N–H and O–H groups in total. The van der Waals surface area contributed by atoms with Gasteiger partial charge in [-0.2, -0.15) is 0 Å². The first-order chi connectivity index (χ1) is 7.31. The lowest BCUT2D eigenvalue weighted by molar-refractivity contribution is 0.287. The molecule has 1 aliphatic rings. The Balaban J connectivity index is 0.00000128. The molecule has 1 aromatic rings. The van der Waals surface area contributed by atoms with Gasteiger partial charge in [0, 0.05) is 13.1 Å². The Morgan fingerprint density at radius 2 is 2.00 bits per heavy atom. The molecule has 0 saturated heterocycles. The van der Waals surface area contributed by atoms with Crippen LogP contribution in [-0.2, 0) is 12.8 Å². The summed E-state index contributed by atoms with van der Waals surface area (Å²) in [5.41, 5.74) is 2.49. The summed E-state index contributed by atoms with van der Waals surface area (Å²) in [5, 5.41) is 9.78. The van der Waals surface area contributed by atoms with Gasteiger partial charge in [0.25, 0.3) is 0 Å². The number of aromatic hydroxyl groups is 1. The quantitative estimate of drug-likeness (QED) is 0.903. The van der Waals surface area contributed by atoms with Crippen LogP contribution in [0.3, 0.4) is 0 Å². The minimum Gasteiger partial charge on any atom is -0.508 e. The lowest BCUT2D eigenvalue weighted by Gasteiger charge is -2.18. The molecule has 0 spiro atoms. The molecule has 16 heavy (non-hydrogen) atoms. The molecule has 0 bridgehead atoms. The number of nitrogens with zero attached hydrogens (tertiary/aromatic N) is 1. The molecule has 2 rings (SSSR count). The smallest absolute Gasteiger partial charge is 0.119 e. The van der Waals surface area contributed by atoms with Gasteiger partial charge in [0.05, 0.1) is 0 Å². The van der Waals surface area contributed by atoms with Crippen LogP contribution in [0.5, 0.6) is 5.75 Å². The summed E-state index contributed by atoms with van der Waals surface area (Å²) in [6.07, 6.45) is 3.27. The Bertz CT molecular complexity index is 341. The van der Waals surface area contributed by atoms with Crippen molar-refractivity contribution < 1.29 is 5.11 Å². The molecule has 1 aliphatic heterocycles. The zero-order valence-corrected chi connectivity index (χ0v) is 11.5. The minimum absolute atomic E-state index is 0. The number of phenolic OH excluding ortho intramolecular Hbond substituents is 1. The fourth-order valence-corrected chi connectivity index (χ4v) is 2.34. The fourth-order valence-electron chi connectivity index (χ4n) is 2.34. The second-order valence-corrected chi connectivity index (χ2v) is 4.26. The van der Waals surface area contributed by atoms with Gasteiger partial charge in [0.1, 0.15) is 5.75 Å². The number of hydrogen-bond donors (Lipinski definition) is 1. The molecule has 0 aliphatic carbocycles. The first-order valence-corrected chi connectivity index (χ1v) is 5.83. The summed E-state index contributed by atoms with van der Waals surface area (Å²) in [4.78, 5) is 2.49. The van der Waals surface area contributed by atoms with Crippen LogP contribution in [0.4, 0.5) is 0 Å². The zero-order chi connectivity index (χ0) is 10.7. The van der Waals surface area contributed by atoms with Gasteiger partial charge in [-0.3, -0.25) is 0 Å². The fraction of sp³-hybridized carbons (Fsp3) is 0.538. The van der Waals surface area contributed by atoms with Gasteiger partial charge in [-0.25, -0.2) is 0 Å². The second-order valence-electron chi connectivity index (χ2n) is 4.26. The van der Waals surface area contributed by atoms with Gasteiger partial charge >= 0.3 is 0 Å². The van der Waals surface area contributed by atoms with Gasteiger partial charge in [-0.15, -0.1) is 17.0 Å². The van der Waals surface area contributed by atoms with Crippen molar-refractivity contribution in [3.8, 4) is 5.75 Å². The summed E-state index contributed by atoms with van der Waals surface area (Å²) in [6.45, 7) is 5.60. The van der Waals surface area contributed by atoms with Gasteiger partial charge in [0.15, 0.2) is 0 Å². The van der Waals surface area contributed by atoms with Gasteiger partial charge < -0.3 is 10.0 Å². The number of rotatable bonds is 2. The summed E-state index contributed by atoms with van der Waals surface area (Å²) >= 11 is 0. The maximum Gasteiger partial charge on any atom is 0.119 e. The summed E-state index contributed by atoms with van der Waals surface area (Å²) in [5.74, 6) is 0.478. The maximum absolute atomic E-state index is 9.78. The van der Waals surface area contributed by atoms with Crippen LogP contribution in [0.1, 0.15) is 24.5 Å². The lowest BCUT2D eigenvalue weighted by atomic mass is 10.0. The normalized spacial score (nSPS) is 16.1. The standard InChI is InChI=1S/C13H19NO.BrH/c1-2-8-14-9-6-11-4-3-5-13(15)12(11)7-10-14;/h3-5,15H,2,6-10H2,1H3;1H. The number of benzene rings is 1. The number of phenols is 1. The van der Waals surface area contributed by atoms with Gasteiger partial charge in [-0.1, -0.05) is 19.1 Å². The Labute approximate surface area is 108 Å². The highest BCUT2D eigenvalue weighted by Gasteiger charge is 2.15. The van der Waals surface area contributed by atoms with Crippen molar-refractivity contribution in [1.29, 1.82) is 0 Å². The van der Waals surface area contributed by atoms with Crippen LogP contribution in [-0.4, -0.2) is 29.6 Å². The first kappa shape index (κ1) is 13.5. The molecule has 1 aromatic carbocycles. The minimum atomic E-state index is 0. The topological polar surface area (TPSA) is 23.5 Å². The molecule has 90 valence electrons. The molecule has 1 heterocycles. The summed E-state index contributed by atoms with van der Waals surface area (Å²) < 4.78 is 0. The van der Waals surface area contributed by atoms with Gasteiger partial charge in [-0.05, 0) is 43.0 Å². The van der Waals surface area contributed by atoms with Crippen molar-refractivity contribution in [2.24, 2.45) is 0 Å². The van der Waals surface area contributed by atoms with E-state index in [2.05, 4.69) is 17.9 Å². The van der Waals surface area contributed by atoms with E-state index in [1.807, 2.05) is 6.07 Å². The predicted molar refractivity (Wildman–Crippen MR) is 72.6 cm³/mol. The van der Waals surface area contributed by atoms with E-state index in [1.165, 1.54) is 18.5 Å². The van der Waals surface area contributed by atoms with Crippen LogP contribution in [0.15, 0.2) is 18.2 Å². The van der Waals surface area contributed by atoms with E-state index in [0.29, 0.717) is 5.75 Å². The Kier molecular flexibility index (Phi) is 5.29. The number of hydrogen-bond acceptors (Lipinski definition) is 2. The Morgan fingerprint density at radius 3 is 2.75 bits per heavy atom. The number of halogens is 1. The second kappa shape index (κ2) is 6.26. The van der Waals surface area contributed by atoms with E-state index in [0.717, 1.165) is 31.5 Å². The van der Waals surface area contributed by atoms with Crippen molar-refractivity contribution >= 4 is 17.0 Å². The van der Waals surface area contributed by atoms with Crippen LogP contribution in [0.25, 0.3) is 0 Å². The Hall–Kier alpha value is -0.540. The van der Waals surface area contributed by atoms with Crippen molar-refractivity contribution in [3.05, 3.63) is 29.3 Å². The van der Waals surface area contributed by atoms with E-state index in [9.17, 15) is 5.11 Å². The summed E-state index contributed by atoms with van der Waals surface area (Å²) in [6, 6.07) is 5.89. The van der Waals surface area contributed by atoms with Crippen molar-refractivity contribution in [1.82, 2.24) is 4.90 Å². The van der Waals surface area contributed by atoms with Crippen molar-refractivity contribution in [2.75, 3.05) is 19.6 Å². The molecule has 0 saturated carbocycles. The van der Waals surface area contributed by atoms with Crippen LogP contribution >= 0.6 is 17.0 Å². The zero-order valence-electron chi connectivity index (χ0n) is 9.78. The third-order valence-electron chi connectivity index (χ3n) is 3.16. The SMILES string of the molecule is Br.CCCN1CCc2cccc(O)c2CC1. The lowest BCUT2D eigenvalue weighted by Crippen LogP contribution is -2.27. The molecular formula is C13H20BrNO. The molecule has 0 fully saturated rings.